The number of likely N-dealkylation sites (N-methyl/N-ethyl adjacent to an activating group) is 1. The van der Waals surface area contributed by atoms with E-state index in [1.54, 1.807) is 36.5 Å². The summed E-state index contributed by atoms with van der Waals surface area (Å²) in [6.45, 7) is 3.57. The first-order chi connectivity index (χ1) is 11.7. The van der Waals surface area contributed by atoms with Gasteiger partial charge in [-0.1, -0.05) is 6.07 Å². The van der Waals surface area contributed by atoms with Crippen molar-refractivity contribution in [1.82, 2.24) is 14.9 Å². The maximum Gasteiger partial charge on any atom is 0.274 e. The number of piperazine rings is 1. The van der Waals surface area contributed by atoms with Crippen molar-refractivity contribution < 1.29 is 4.79 Å². The number of aromatic nitrogens is 2. The number of carbonyl (C=O) groups is 1. The molecule has 1 aliphatic rings. The number of amides is 1. The molecule has 0 saturated carbocycles. The molecule has 0 unspecified atom stereocenters. The quantitative estimate of drug-likeness (QED) is 0.918. The highest BCUT2D eigenvalue weighted by Gasteiger charge is 2.18. The van der Waals surface area contributed by atoms with Crippen LogP contribution in [0.25, 0.3) is 0 Å². The summed E-state index contributed by atoms with van der Waals surface area (Å²) in [6, 6.07) is 10.4. The molecule has 0 spiro atoms. The number of hydrogen-bond acceptors (Lipinski definition) is 6. The largest absolute Gasteiger partial charge is 0.338 e. The van der Waals surface area contributed by atoms with Crippen LogP contribution >= 0.6 is 0 Å². The molecule has 3 rings (SSSR count). The van der Waals surface area contributed by atoms with E-state index in [2.05, 4.69) is 32.1 Å². The zero-order valence-corrected chi connectivity index (χ0v) is 13.4. The van der Waals surface area contributed by atoms with Crippen molar-refractivity contribution in [1.29, 1.82) is 5.26 Å². The molecule has 0 bridgehead atoms. The molecule has 24 heavy (non-hydrogen) atoms. The molecule has 1 fully saturated rings. The highest BCUT2D eigenvalue weighted by atomic mass is 16.1. The second-order valence-corrected chi connectivity index (χ2v) is 5.68. The van der Waals surface area contributed by atoms with Gasteiger partial charge >= 0.3 is 0 Å². The summed E-state index contributed by atoms with van der Waals surface area (Å²) >= 11 is 0. The number of benzene rings is 1. The third-order valence-electron chi connectivity index (χ3n) is 3.91. The first-order valence-electron chi connectivity index (χ1n) is 7.74. The minimum absolute atomic E-state index is 0.307. The number of nitrogens with zero attached hydrogens (tertiary/aromatic N) is 5. The summed E-state index contributed by atoms with van der Waals surface area (Å²) in [5.74, 6) is 0.254. The molecule has 1 aromatic heterocycles. The summed E-state index contributed by atoms with van der Waals surface area (Å²) in [5.41, 5.74) is 1.37. The van der Waals surface area contributed by atoms with Gasteiger partial charge in [-0.25, -0.2) is 9.97 Å². The van der Waals surface area contributed by atoms with Gasteiger partial charge in [0.15, 0.2) is 0 Å². The van der Waals surface area contributed by atoms with Gasteiger partial charge in [0, 0.05) is 38.1 Å². The third-order valence-corrected chi connectivity index (χ3v) is 3.91. The van der Waals surface area contributed by atoms with Crippen LogP contribution in [0.1, 0.15) is 16.1 Å². The van der Waals surface area contributed by atoms with Crippen LogP contribution < -0.4 is 10.2 Å². The lowest BCUT2D eigenvalue weighted by molar-refractivity contribution is 0.102. The summed E-state index contributed by atoms with van der Waals surface area (Å²) in [7, 11) is 2.08. The Kier molecular flexibility index (Phi) is 4.68. The molecule has 122 valence electrons. The maximum atomic E-state index is 12.4. The Bertz CT molecular complexity index is 777. The summed E-state index contributed by atoms with van der Waals surface area (Å²) in [5, 5.41) is 11.7. The Morgan fingerprint density at radius 2 is 2.04 bits per heavy atom. The van der Waals surface area contributed by atoms with Crippen molar-refractivity contribution in [3.63, 3.8) is 0 Å². The smallest absolute Gasteiger partial charge is 0.274 e. The number of nitrogens with one attached hydrogen (secondary N) is 1. The molecule has 1 aromatic carbocycles. The number of rotatable bonds is 3. The van der Waals surface area contributed by atoms with Gasteiger partial charge in [-0.2, -0.15) is 5.26 Å². The molecule has 7 nitrogen and oxygen atoms in total. The van der Waals surface area contributed by atoms with E-state index in [-0.39, 0.29) is 5.91 Å². The lowest BCUT2D eigenvalue weighted by Crippen LogP contribution is -2.45. The molecule has 1 aliphatic heterocycles. The highest BCUT2D eigenvalue weighted by molar-refractivity contribution is 6.03. The third kappa shape index (κ3) is 3.67. The van der Waals surface area contributed by atoms with E-state index in [9.17, 15) is 4.79 Å². The number of carbonyl (C=O) groups excluding carboxylic acids is 1. The Hall–Kier alpha value is -2.98. The molecule has 0 atom stereocenters. The first-order valence-corrected chi connectivity index (χ1v) is 7.74. The van der Waals surface area contributed by atoms with Crippen LogP contribution in [0.15, 0.2) is 36.5 Å². The van der Waals surface area contributed by atoms with Gasteiger partial charge in [0.05, 0.1) is 11.6 Å². The van der Waals surface area contributed by atoms with Crippen molar-refractivity contribution in [3.8, 4) is 6.07 Å². The first kappa shape index (κ1) is 15.9. The minimum atomic E-state index is -0.317. The van der Waals surface area contributed by atoms with Crippen molar-refractivity contribution in [3.05, 3.63) is 47.8 Å². The van der Waals surface area contributed by atoms with Crippen molar-refractivity contribution >= 4 is 17.5 Å². The van der Waals surface area contributed by atoms with Crippen molar-refractivity contribution in [2.75, 3.05) is 43.4 Å². The second-order valence-electron chi connectivity index (χ2n) is 5.68. The zero-order chi connectivity index (χ0) is 16.9. The van der Waals surface area contributed by atoms with Gasteiger partial charge in [0.1, 0.15) is 5.69 Å². The fourth-order valence-corrected chi connectivity index (χ4v) is 2.50. The van der Waals surface area contributed by atoms with E-state index in [1.807, 2.05) is 6.07 Å². The molecular weight excluding hydrogens is 304 g/mol. The molecule has 2 aromatic rings. The van der Waals surface area contributed by atoms with E-state index < -0.39 is 0 Å². The fourth-order valence-electron chi connectivity index (χ4n) is 2.50. The summed E-state index contributed by atoms with van der Waals surface area (Å²) in [6.07, 6.45) is 1.60. The van der Waals surface area contributed by atoms with Gasteiger partial charge in [0.25, 0.3) is 5.91 Å². The SMILES string of the molecule is CN1CCN(c2nccc(C(=O)Nc3cccc(C#N)c3)n2)CC1. The average molecular weight is 322 g/mol. The average Bonchev–Trinajstić information content (AvgIpc) is 2.62. The second kappa shape index (κ2) is 7.06. The number of hydrogen-bond donors (Lipinski definition) is 1. The standard InChI is InChI=1S/C17H18N6O/c1-22-7-9-23(10-8-22)17-19-6-5-15(21-17)16(24)20-14-4-2-3-13(11-14)12-18/h2-6,11H,7-10H2,1H3,(H,20,24). The van der Waals surface area contributed by atoms with Crippen LogP contribution in [-0.2, 0) is 0 Å². The fraction of sp³-hybridized carbons (Fsp3) is 0.294. The van der Waals surface area contributed by atoms with Crippen LogP contribution in [0.3, 0.4) is 0 Å². The molecule has 0 radical (unpaired) electrons. The number of nitriles is 1. The predicted molar refractivity (Wildman–Crippen MR) is 90.9 cm³/mol. The van der Waals surface area contributed by atoms with E-state index in [4.69, 9.17) is 5.26 Å². The molecular formula is C17H18N6O. The lowest BCUT2D eigenvalue weighted by atomic mass is 10.2. The van der Waals surface area contributed by atoms with E-state index in [0.717, 1.165) is 26.2 Å². The van der Waals surface area contributed by atoms with Crippen LogP contribution in [0.2, 0.25) is 0 Å². The van der Waals surface area contributed by atoms with Gasteiger partial charge < -0.3 is 15.1 Å². The van der Waals surface area contributed by atoms with Crippen LogP contribution in [0, 0.1) is 11.3 Å². The highest BCUT2D eigenvalue weighted by Crippen LogP contribution is 2.13. The Morgan fingerprint density at radius 1 is 1.25 bits per heavy atom. The molecule has 0 aliphatic carbocycles. The number of anilines is 2. The normalized spacial score (nSPS) is 14.9. The van der Waals surface area contributed by atoms with E-state index >= 15 is 0 Å². The van der Waals surface area contributed by atoms with Gasteiger partial charge in [-0.15, -0.1) is 0 Å². The minimum Gasteiger partial charge on any atom is -0.338 e. The zero-order valence-electron chi connectivity index (χ0n) is 13.4. The molecule has 1 N–H and O–H groups in total. The van der Waals surface area contributed by atoms with Crippen LogP contribution in [0.5, 0.6) is 0 Å². The monoisotopic (exact) mass is 322 g/mol. The Balaban J connectivity index is 1.73. The lowest BCUT2D eigenvalue weighted by Gasteiger charge is -2.32. The van der Waals surface area contributed by atoms with Crippen molar-refractivity contribution in [2.45, 2.75) is 0 Å². The van der Waals surface area contributed by atoms with Crippen LogP contribution in [0.4, 0.5) is 11.6 Å². The van der Waals surface area contributed by atoms with Gasteiger partial charge in [-0.05, 0) is 31.3 Å². The summed E-state index contributed by atoms with van der Waals surface area (Å²) in [4.78, 5) is 25.4. The van der Waals surface area contributed by atoms with E-state index in [0.29, 0.717) is 22.9 Å². The molecule has 1 amide bonds. The van der Waals surface area contributed by atoms with Crippen LogP contribution in [-0.4, -0.2) is 54.0 Å². The topological polar surface area (TPSA) is 85.1 Å². The molecule has 1 saturated heterocycles. The van der Waals surface area contributed by atoms with Crippen molar-refractivity contribution in [2.24, 2.45) is 0 Å². The van der Waals surface area contributed by atoms with Gasteiger partial charge in [0.2, 0.25) is 5.95 Å². The predicted octanol–water partition coefficient (Wildman–Crippen LogP) is 1.35. The van der Waals surface area contributed by atoms with Gasteiger partial charge in [-0.3, -0.25) is 4.79 Å². The van der Waals surface area contributed by atoms with E-state index in [1.165, 1.54) is 0 Å². The summed E-state index contributed by atoms with van der Waals surface area (Å²) < 4.78 is 0. The maximum absolute atomic E-state index is 12.4. The Labute approximate surface area is 140 Å². The molecule has 2 heterocycles. The Morgan fingerprint density at radius 3 is 2.79 bits per heavy atom. The molecule has 7 heteroatoms.